The van der Waals surface area contributed by atoms with Crippen LogP contribution >= 0.6 is 0 Å². The molecule has 0 saturated carbocycles. The molecule has 7 atom stereocenters. The summed E-state index contributed by atoms with van der Waals surface area (Å²) in [7, 11) is 0. The van der Waals surface area contributed by atoms with Crippen LogP contribution in [0.5, 0.6) is 0 Å². The van der Waals surface area contributed by atoms with Crippen LogP contribution in [0.3, 0.4) is 0 Å². The minimum absolute atomic E-state index is 0.245. The van der Waals surface area contributed by atoms with Crippen LogP contribution in [-0.2, 0) is 28.8 Å². The van der Waals surface area contributed by atoms with Gasteiger partial charge in [0.1, 0.15) is 29.9 Å². The normalized spacial score (nSPS) is 27.6. The molecule has 0 aliphatic carbocycles. The molecule has 48 heavy (non-hydrogen) atoms. The number of aliphatic hydroxyl groups excluding tert-OH is 3. The van der Waals surface area contributed by atoms with Crippen LogP contribution in [-0.4, -0.2) is 132 Å². The molecule has 8 amide bonds. The first-order valence-corrected chi connectivity index (χ1v) is 14.7. The highest BCUT2D eigenvalue weighted by Crippen LogP contribution is 2.11. The van der Waals surface area contributed by atoms with Crippen LogP contribution in [0.15, 0.2) is 16.9 Å². The minimum atomic E-state index is -1.78. The van der Waals surface area contributed by atoms with Gasteiger partial charge in [-0.2, -0.15) is 0 Å². The Kier molecular flexibility index (Phi) is 15.4. The number of primary amides is 1. The van der Waals surface area contributed by atoms with E-state index in [9.17, 15) is 48.9 Å². The van der Waals surface area contributed by atoms with Crippen LogP contribution in [0, 0.1) is 0 Å². The fourth-order valence-electron chi connectivity index (χ4n) is 4.46. The average molecular weight is 686 g/mol. The molecule has 0 aromatic rings. The van der Waals surface area contributed by atoms with Gasteiger partial charge in [0.15, 0.2) is 12.2 Å². The summed E-state index contributed by atoms with van der Waals surface area (Å²) in [5, 5.41) is 47.9. The molecular formula is C25H43N13O10. The standard InChI is InChI=1S/C25H43N13O10/c26-3-1-2-10(27)4-16(41)32-12-6-30-23(47)18(11-5-17(42)37-24(28)36-11)38-20(44)13(7-31-25(29)48)33-21(45)14(8-39)35-22(46)15(9-40)34-19(12)43/h7,10-12,14-15,17-18,39-40,42H,1-6,8-9,26-27H2,(H,30,47)(H,32,41)(H,33,45)(H,34,43)(H,35,46)(H,38,44)(H3,28,36,37)(H3,29,31,48)/b13-7-/t10-,11+,12?,14?,15-,17-,18-/m0/s1. The lowest BCUT2D eigenvalue weighted by Crippen LogP contribution is -2.64. The zero-order valence-corrected chi connectivity index (χ0v) is 25.7. The van der Waals surface area contributed by atoms with Crippen LogP contribution in [0.25, 0.3) is 0 Å². The SMILES string of the molecule is NCCC[C@H](N)CC(=O)NC1CNC(=O)[C@H]([C@H]2C[C@H](O)N=C(N)N2)NC(=O)/C(=C/NC(N)=O)NC(=O)C(CO)NC(=O)[C@H](CO)NC1=O. The second kappa shape index (κ2) is 18.9. The van der Waals surface area contributed by atoms with Crippen molar-refractivity contribution in [2.75, 3.05) is 26.3 Å². The summed E-state index contributed by atoms with van der Waals surface area (Å²) in [5.41, 5.74) is 21.5. The Hall–Kier alpha value is -5.10. The number of nitrogens with one attached hydrogen (secondary N) is 8. The number of carbonyl (C=O) groups is 7. The third-order valence-electron chi connectivity index (χ3n) is 6.91. The molecule has 2 aliphatic heterocycles. The van der Waals surface area contributed by atoms with Crippen molar-refractivity contribution in [3.05, 3.63) is 11.9 Å². The van der Waals surface area contributed by atoms with Crippen LogP contribution in [0.2, 0.25) is 0 Å². The van der Waals surface area contributed by atoms with Crippen LogP contribution in [0.1, 0.15) is 25.7 Å². The summed E-state index contributed by atoms with van der Waals surface area (Å²) in [5.74, 6) is -6.65. The molecule has 19 N–H and O–H groups in total. The van der Waals surface area contributed by atoms with E-state index in [1.54, 1.807) is 0 Å². The molecule has 0 aromatic carbocycles. The smallest absolute Gasteiger partial charge is 0.316 e. The summed E-state index contributed by atoms with van der Waals surface area (Å²) in [6, 6.07) is -9.66. The first kappa shape index (κ1) is 39.1. The van der Waals surface area contributed by atoms with Gasteiger partial charge >= 0.3 is 6.03 Å². The largest absolute Gasteiger partial charge is 0.394 e. The Morgan fingerprint density at radius 1 is 0.979 bits per heavy atom. The second-order valence-electron chi connectivity index (χ2n) is 10.7. The van der Waals surface area contributed by atoms with E-state index in [2.05, 4.69) is 42.2 Å². The number of aliphatic hydroxyl groups is 3. The highest BCUT2D eigenvalue weighted by Gasteiger charge is 2.37. The van der Waals surface area contributed by atoms with Crippen molar-refractivity contribution in [2.24, 2.45) is 27.9 Å². The molecule has 2 unspecified atom stereocenters. The van der Waals surface area contributed by atoms with Gasteiger partial charge in [-0.15, -0.1) is 0 Å². The molecule has 2 heterocycles. The first-order valence-electron chi connectivity index (χ1n) is 14.7. The third-order valence-corrected chi connectivity index (χ3v) is 6.91. The predicted octanol–water partition coefficient (Wildman–Crippen LogP) is -8.88. The van der Waals surface area contributed by atoms with Gasteiger partial charge in [-0.3, -0.25) is 28.8 Å². The highest BCUT2D eigenvalue weighted by molar-refractivity contribution is 6.02. The van der Waals surface area contributed by atoms with Crippen molar-refractivity contribution >= 4 is 47.4 Å². The predicted molar refractivity (Wildman–Crippen MR) is 164 cm³/mol. The van der Waals surface area contributed by atoms with Crippen molar-refractivity contribution in [3.63, 3.8) is 0 Å². The van der Waals surface area contributed by atoms with E-state index in [0.717, 1.165) is 0 Å². The number of aliphatic imine (C=N–C) groups is 1. The molecule has 23 nitrogen and oxygen atoms in total. The first-order chi connectivity index (χ1) is 22.7. The average Bonchev–Trinajstić information content (AvgIpc) is 3.02. The van der Waals surface area contributed by atoms with Crippen LogP contribution < -0.4 is 65.5 Å². The fraction of sp³-hybridized carbons (Fsp3) is 0.600. The maximum Gasteiger partial charge on any atom is 0.316 e. The van der Waals surface area contributed by atoms with Gasteiger partial charge in [-0.25, -0.2) is 9.79 Å². The third kappa shape index (κ3) is 12.3. The molecule has 0 aromatic heterocycles. The zero-order chi connectivity index (χ0) is 36.0. The quantitative estimate of drug-likeness (QED) is 0.0950. The molecule has 268 valence electrons. The molecule has 1 saturated heterocycles. The number of guanidine groups is 1. The van der Waals surface area contributed by atoms with Crippen molar-refractivity contribution in [2.45, 2.75) is 68.2 Å². The highest BCUT2D eigenvalue weighted by atomic mass is 16.3. The van der Waals surface area contributed by atoms with Gasteiger partial charge in [-0.1, -0.05) is 0 Å². The Morgan fingerprint density at radius 3 is 2.23 bits per heavy atom. The molecule has 2 aliphatic rings. The lowest BCUT2D eigenvalue weighted by molar-refractivity contribution is -0.135. The number of nitrogens with zero attached hydrogens (tertiary/aromatic N) is 1. The maximum atomic E-state index is 13.6. The molecule has 23 heteroatoms. The van der Waals surface area contributed by atoms with Gasteiger partial charge in [0, 0.05) is 31.6 Å². The summed E-state index contributed by atoms with van der Waals surface area (Å²) in [4.78, 5) is 94.0. The molecule has 0 bridgehead atoms. The van der Waals surface area contributed by atoms with Crippen molar-refractivity contribution in [3.8, 4) is 0 Å². The fourth-order valence-corrected chi connectivity index (χ4v) is 4.46. The molecule has 0 radical (unpaired) electrons. The Balaban J connectivity index is 2.54. The molecule has 0 spiro atoms. The van der Waals surface area contributed by atoms with Gasteiger partial charge < -0.3 is 80.8 Å². The number of carbonyl (C=O) groups excluding carboxylic acids is 7. The van der Waals surface area contributed by atoms with Crippen molar-refractivity contribution in [1.82, 2.24) is 42.5 Å². The topological polar surface area (TPSA) is 393 Å². The number of hydrogen-bond donors (Lipinski definition) is 15. The zero-order valence-electron chi connectivity index (χ0n) is 25.7. The summed E-state index contributed by atoms with van der Waals surface area (Å²) in [6.07, 6.45) is -0.339. The summed E-state index contributed by atoms with van der Waals surface area (Å²) in [6.45, 7) is -2.36. The number of amides is 8. The Bertz CT molecular complexity index is 1280. The van der Waals surface area contributed by atoms with E-state index in [1.807, 2.05) is 5.32 Å². The van der Waals surface area contributed by atoms with Crippen LogP contribution in [0.4, 0.5) is 4.79 Å². The van der Waals surface area contributed by atoms with Gasteiger partial charge in [0.05, 0.1) is 19.3 Å². The molecular weight excluding hydrogens is 642 g/mol. The maximum absolute atomic E-state index is 13.6. The monoisotopic (exact) mass is 685 g/mol. The van der Waals surface area contributed by atoms with E-state index in [1.165, 1.54) is 0 Å². The lowest BCUT2D eigenvalue weighted by Gasteiger charge is -2.33. The Labute approximate surface area is 273 Å². The van der Waals surface area contributed by atoms with Gasteiger partial charge in [-0.05, 0) is 19.4 Å². The van der Waals surface area contributed by atoms with Gasteiger partial charge in [0.2, 0.25) is 29.5 Å². The second-order valence-corrected chi connectivity index (χ2v) is 10.7. The Morgan fingerprint density at radius 2 is 1.62 bits per heavy atom. The molecule has 2 rings (SSSR count). The lowest BCUT2D eigenvalue weighted by atomic mass is 10.0. The van der Waals surface area contributed by atoms with Gasteiger partial charge in [0.25, 0.3) is 5.91 Å². The van der Waals surface area contributed by atoms with E-state index in [4.69, 9.17) is 22.9 Å². The van der Waals surface area contributed by atoms with Crippen molar-refractivity contribution < 1.29 is 48.9 Å². The van der Waals surface area contributed by atoms with E-state index < -0.39 is 109 Å². The number of nitrogens with two attached hydrogens (primary N) is 4. The molecule has 1 fully saturated rings. The van der Waals surface area contributed by atoms with E-state index in [0.29, 0.717) is 25.6 Å². The van der Waals surface area contributed by atoms with E-state index >= 15 is 0 Å². The van der Waals surface area contributed by atoms with E-state index in [-0.39, 0.29) is 18.8 Å². The number of urea groups is 1. The number of rotatable bonds is 10. The number of hydrogen-bond acceptors (Lipinski definition) is 15. The summed E-state index contributed by atoms with van der Waals surface area (Å²) >= 11 is 0. The summed E-state index contributed by atoms with van der Waals surface area (Å²) < 4.78 is 0. The minimum Gasteiger partial charge on any atom is -0.394 e. The van der Waals surface area contributed by atoms with Crippen molar-refractivity contribution in [1.29, 1.82) is 0 Å².